The Balaban J connectivity index is 2.06. The van der Waals surface area contributed by atoms with Crippen molar-refractivity contribution >= 4 is 5.97 Å². The van der Waals surface area contributed by atoms with Crippen LogP contribution in [0, 0.1) is 0 Å². The van der Waals surface area contributed by atoms with Gasteiger partial charge in [-0.3, -0.25) is 9.69 Å². The van der Waals surface area contributed by atoms with Crippen molar-refractivity contribution in [2.45, 2.75) is 25.4 Å². The van der Waals surface area contributed by atoms with Crippen LogP contribution in [0.3, 0.4) is 0 Å². The van der Waals surface area contributed by atoms with Crippen molar-refractivity contribution in [3.63, 3.8) is 0 Å². The van der Waals surface area contributed by atoms with Crippen LogP contribution >= 0.6 is 0 Å². The van der Waals surface area contributed by atoms with Crippen molar-refractivity contribution in [1.82, 2.24) is 4.90 Å². The Morgan fingerprint density at radius 3 is 2.71 bits per heavy atom. The number of carbonyl (C=O) groups is 1. The van der Waals surface area contributed by atoms with Crippen LogP contribution in [0.1, 0.15) is 17.5 Å². The van der Waals surface area contributed by atoms with E-state index < -0.39 is 5.97 Å². The molecule has 0 saturated carbocycles. The summed E-state index contributed by atoms with van der Waals surface area (Å²) in [7, 11) is 0. The second-order valence-corrected chi connectivity index (χ2v) is 4.62. The van der Waals surface area contributed by atoms with E-state index in [2.05, 4.69) is 4.90 Å². The molecule has 0 spiro atoms. The largest absolute Gasteiger partial charge is 0.481 e. The molecule has 4 nitrogen and oxygen atoms in total. The van der Waals surface area contributed by atoms with Crippen molar-refractivity contribution in [3.8, 4) is 0 Å². The van der Waals surface area contributed by atoms with Crippen LogP contribution in [-0.2, 0) is 17.8 Å². The predicted molar refractivity (Wildman–Crippen MR) is 65.7 cm³/mol. The lowest BCUT2D eigenvalue weighted by molar-refractivity contribution is -0.136. The fourth-order valence-electron chi connectivity index (χ4n) is 2.29. The van der Waals surface area contributed by atoms with Gasteiger partial charge in [-0.1, -0.05) is 24.3 Å². The molecule has 1 heterocycles. The molecule has 3 N–H and O–H groups in total. The van der Waals surface area contributed by atoms with Crippen molar-refractivity contribution < 1.29 is 9.90 Å². The zero-order chi connectivity index (χ0) is 12.3. The maximum Gasteiger partial charge on any atom is 0.307 e. The van der Waals surface area contributed by atoms with Crippen LogP contribution in [-0.4, -0.2) is 35.1 Å². The second kappa shape index (κ2) is 5.29. The molecule has 17 heavy (non-hydrogen) atoms. The maximum atomic E-state index is 10.8. The van der Waals surface area contributed by atoms with Gasteiger partial charge < -0.3 is 10.8 Å². The van der Waals surface area contributed by atoms with E-state index in [1.165, 1.54) is 0 Å². The van der Waals surface area contributed by atoms with Gasteiger partial charge in [0.05, 0.1) is 6.42 Å². The number of aliphatic carboxylic acids is 1. The van der Waals surface area contributed by atoms with Gasteiger partial charge in [0.1, 0.15) is 0 Å². The Labute approximate surface area is 101 Å². The highest BCUT2D eigenvalue weighted by Gasteiger charge is 2.19. The Kier molecular flexibility index (Phi) is 3.76. The van der Waals surface area contributed by atoms with Crippen LogP contribution in [0.25, 0.3) is 0 Å². The van der Waals surface area contributed by atoms with E-state index in [-0.39, 0.29) is 12.5 Å². The minimum absolute atomic E-state index is 0.0933. The molecular weight excluding hydrogens is 216 g/mol. The van der Waals surface area contributed by atoms with E-state index in [9.17, 15) is 4.79 Å². The third-order valence-electron chi connectivity index (χ3n) is 3.16. The summed E-state index contributed by atoms with van der Waals surface area (Å²) in [5.41, 5.74) is 7.87. The van der Waals surface area contributed by atoms with Crippen LogP contribution in [0.15, 0.2) is 24.3 Å². The lowest BCUT2D eigenvalue weighted by Crippen LogP contribution is -2.26. The lowest BCUT2D eigenvalue weighted by atomic mass is 10.0. The number of nitrogens with zero attached hydrogens (tertiary/aromatic N) is 1. The summed E-state index contributed by atoms with van der Waals surface area (Å²) in [4.78, 5) is 13.1. The van der Waals surface area contributed by atoms with E-state index >= 15 is 0 Å². The average Bonchev–Trinajstić information content (AvgIpc) is 2.66. The van der Waals surface area contributed by atoms with Crippen LogP contribution in [0.2, 0.25) is 0 Å². The first-order chi connectivity index (χ1) is 8.15. The summed E-state index contributed by atoms with van der Waals surface area (Å²) in [6.45, 7) is 2.71. The molecule has 0 amide bonds. The summed E-state index contributed by atoms with van der Waals surface area (Å²) < 4.78 is 0. The molecule has 1 saturated heterocycles. The van der Waals surface area contributed by atoms with E-state index in [0.29, 0.717) is 0 Å². The smallest absolute Gasteiger partial charge is 0.307 e. The standard InChI is InChI=1S/C13H18N2O2/c14-12-5-6-15(9-12)8-11-4-2-1-3-10(11)7-13(16)17/h1-4,12H,5-9,14H2,(H,16,17)/t12-/m1/s1. The van der Waals surface area contributed by atoms with Gasteiger partial charge in [-0.05, 0) is 17.5 Å². The lowest BCUT2D eigenvalue weighted by Gasteiger charge is -2.17. The molecule has 1 aromatic carbocycles. The van der Waals surface area contributed by atoms with Crippen LogP contribution < -0.4 is 5.73 Å². The number of rotatable bonds is 4. The zero-order valence-electron chi connectivity index (χ0n) is 9.80. The van der Waals surface area contributed by atoms with Gasteiger partial charge in [0.15, 0.2) is 0 Å². The third-order valence-corrected chi connectivity index (χ3v) is 3.16. The molecule has 1 aromatic rings. The molecule has 0 bridgehead atoms. The van der Waals surface area contributed by atoms with Gasteiger partial charge in [-0.15, -0.1) is 0 Å². The molecule has 2 rings (SSSR count). The van der Waals surface area contributed by atoms with E-state index in [1.54, 1.807) is 0 Å². The molecule has 0 unspecified atom stereocenters. The first-order valence-corrected chi connectivity index (χ1v) is 5.91. The molecule has 0 aliphatic carbocycles. The van der Waals surface area contributed by atoms with E-state index in [1.807, 2.05) is 24.3 Å². The first-order valence-electron chi connectivity index (χ1n) is 5.91. The number of hydrogen-bond donors (Lipinski definition) is 2. The highest BCUT2D eigenvalue weighted by atomic mass is 16.4. The molecule has 1 aliphatic heterocycles. The molecule has 1 fully saturated rings. The monoisotopic (exact) mass is 234 g/mol. The number of carboxylic acid groups (broad SMARTS) is 1. The molecular formula is C13H18N2O2. The second-order valence-electron chi connectivity index (χ2n) is 4.62. The number of likely N-dealkylation sites (tertiary alicyclic amines) is 1. The number of nitrogens with two attached hydrogens (primary N) is 1. The Morgan fingerprint density at radius 2 is 2.12 bits per heavy atom. The van der Waals surface area contributed by atoms with E-state index in [0.717, 1.165) is 37.2 Å². The molecule has 4 heteroatoms. The molecule has 0 radical (unpaired) electrons. The van der Waals surface area contributed by atoms with Gasteiger partial charge in [0, 0.05) is 25.7 Å². The van der Waals surface area contributed by atoms with Gasteiger partial charge in [-0.25, -0.2) is 0 Å². The molecule has 1 atom stereocenters. The third kappa shape index (κ3) is 3.28. The summed E-state index contributed by atoms with van der Waals surface area (Å²) in [6, 6.07) is 8.00. The average molecular weight is 234 g/mol. The quantitative estimate of drug-likeness (QED) is 0.810. The van der Waals surface area contributed by atoms with Crippen molar-refractivity contribution in [3.05, 3.63) is 35.4 Å². The van der Waals surface area contributed by atoms with Crippen molar-refractivity contribution in [2.24, 2.45) is 5.73 Å². The summed E-state index contributed by atoms with van der Waals surface area (Å²) >= 11 is 0. The fraction of sp³-hybridized carbons (Fsp3) is 0.462. The van der Waals surface area contributed by atoms with Crippen molar-refractivity contribution in [1.29, 1.82) is 0 Å². The Morgan fingerprint density at radius 1 is 1.41 bits per heavy atom. The zero-order valence-corrected chi connectivity index (χ0v) is 9.80. The van der Waals surface area contributed by atoms with Crippen molar-refractivity contribution in [2.75, 3.05) is 13.1 Å². The van der Waals surface area contributed by atoms with Gasteiger partial charge >= 0.3 is 5.97 Å². The first kappa shape index (κ1) is 12.1. The Hall–Kier alpha value is -1.39. The highest BCUT2D eigenvalue weighted by molar-refractivity contribution is 5.70. The number of benzene rings is 1. The van der Waals surface area contributed by atoms with Gasteiger partial charge in [0.2, 0.25) is 0 Å². The molecule has 92 valence electrons. The Bertz CT molecular complexity index is 406. The van der Waals surface area contributed by atoms with Gasteiger partial charge in [-0.2, -0.15) is 0 Å². The topological polar surface area (TPSA) is 66.6 Å². The summed E-state index contributed by atoms with van der Waals surface area (Å²) in [5, 5.41) is 8.86. The molecule has 1 aliphatic rings. The van der Waals surface area contributed by atoms with E-state index in [4.69, 9.17) is 10.8 Å². The summed E-state index contributed by atoms with van der Waals surface area (Å²) in [5.74, 6) is -0.782. The van der Waals surface area contributed by atoms with Crippen LogP contribution in [0.5, 0.6) is 0 Å². The predicted octanol–water partition coefficient (Wildman–Crippen LogP) is 0.847. The minimum Gasteiger partial charge on any atom is -0.481 e. The molecule has 0 aromatic heterocycles. The SMILES string of the molecule is N[C@@H]1CCN(Cc2ccccc2CC(=O)O)C1. The van der Waals surface area contributed by atoms with Crippen LogP contribution in [0.4, 0.5) is 0 Å². The summed E-state index contributed by atoms with van der Waals surface area (Å²) in [6.07, 6.45) is 1.12. The minimum atomic E-state index is -0.782. The maximum absolute atomic E-state index is 10.8. The fourth-order valence-corrected chi connectivity index (χ4v) is 2.29. The number of carboxylic acids is 1. The van der Waals surface area contributed by atoms with Gasteiger partial charge in [0.25, 0.3) is 0 Å². The number of hydrogen-bond acceptors (Lipinski definition) is 3. The normalized spacial score (nSPS) is 20.6. The highest BCUT2D eigenvalue weighted by Crippen LogP contribution is 2.16.